The van der Waals surface area contributed by atoms with Crippen molar-refractivity contribution in [2.24, 2.45) is 7.05 Å². The highest BCUT2D eigenvalue weighted by atomic mass is 16.5. The Labute approximate surface area is 83.7 Å². The Balaban J connectivity index is 2.96. The minimum Gasteiger partial charge on any atom is -0.481 e. The molecular weight excluding hydrogens is 200 g/mol. The Hall–Kier alpha value is -2.11. The topological polar surface area (TPSA) is 74.3 Å². The van der Waals surface area contributed by atoms with Crippen molar-refractivity contribution in [3.05, 3.63) is 33.2 Å². The maximum absolute atomic E-state index is 11.4. The SMILES string of the molecule is COc1cc2c(=O)oc(=O)n(C)c2cn1. The van der Waals surface area contributed by atoms with Gasteiger partial charge in [-0.3, -0.25) is 4.57 Å². The summed E-state index contributed by atoms with van der Waals surface area (Å²) in [5.74, 6) is -0.409. The molecule has 0 N–H and O–H groups in total. The van der Waals surface area contributed by atoms with Gasteiger partial charge in [-0.2, -0.15) is 0 Å². The van der Waals surface area contributed by atoms with E-state index < -0.39 is 11.4 Å². The van der Waals surface area contributed by atoms with Crippen molar-refractivity contribution in [3.63, 3.8) is 0 Å². The number of aryl methyl sites for hydroxylation is 1. The number of hydrogen-bond acceptors (Lipinski definition) is 5. The Morgan fingerprint density at radius 1 is 1.47 bits per heavy atom. The second-order valence-electron chi connectivity index (χ2n) is 2.96. The van der Waals surface area contributed by atoms with Crippen molar-refractivity contribution in [1.82, 2.24) is 9.55 Å². The molecule has 6 heteroatoms. The minimum absolute atomic E-state index is 0.268. The van der Waals surface area contributed by atoms with Gasteiger partial charge in [0.05, 0.1) is 24.2 Å². The van der Waals surface area contributed by atoms with E-state index in [-0.39, 0.29) is 5.39 Å². The number of hydrogen-bond donors (Lipinski definition) is 0. The molecule has 0 radical (unpaired) electrons. The predicted octanol–water partition coefficient (Wildman–Crippen LogP) is -0.105. The summed E-state index contributed by atoms with van der Waals surface area (Å²) >= 11 is 0. The Kier molecular flexibility index (Phi) is 2.03. The quantitative estimate of drug-likeness (QED) is 0.654. The number of pyridine rings is 1. The molecule has 0 aromatic carbocycles. The molecule has 0 bridgehead atoms. The zero-order chi connectivity index (χ0) is 11.0. The molecule has 2 rings (SSSR count). The number of methoxy groups -OCH3 is 1. The molecule has 0 atom stereocenters. The Morgan fingerprint density at radius 3 is 2.87 bits per heavy atom. The highest BCUT2D eigenvalue weighted by molar-refractivity contribution is 5.77. The van der Waals surface area contributed by atoms with E-state index in [2.05, 4.69) is 9.40 Å². The summed E-state index contributed by atoms with van der Waals surface area (Å²) in [6.45, 7) is 0. The average Bonchev–Trinajstić information content (AvgIpc) is 2.25. The molecule has 2 heterocycles. The van der Waals surface area contributed by atoms with E-state index in [1.807, 2.05) is 0 Å². The highest BCUT2D eigenvalue weighted by Gasteiger charge is 2.08. The first-order valence-corrected chi connectivity index (χ1v) is 4.17. The third kappa shape index (κ3) is 1.39. The highest BCUT2D eigenvalue weighted by Crippen LogP contribution is 2.12. The lowest BCUT2D eigenvalue weighted by Crippen LogP contribution is -2.22. The van der Waals surface area contributed by atoms with Crippen molar-refractivity contribution < 1.29 is 9.15 Å². The van der Waals surface area contributed by atoms with E-state index in [1.54, 1.807) is 0 Å². The zero-order valence-electron chi connectivity index (χ0n) is 8.18. The smallest absolute Gasteiger partial charge is 0.422 e. The van der Waals surface area contributed by atoms with Crippen LogP contribution in [0.2, 0.25) is 0 Å². The van der Waals surface area contributed by atoms with Crippen molar-refractivity contribution >= 4 is 10.9 Å². The normalized spacial score (nSPS) is 10.5. The van der Waals surface area contributed by atoms with E-state index in [1.165, 1.54) is 31.0 Å². The third-order valence-corrected chi connectivity index (χ3v) is 2.10. The first-order valence-electron chi connectivity index (χ1n) is 4.17. The first kappa shape index (κ1) is 9.45. The summed E-state index contributed by atoms with van der Waals surface area (Å²) in [5.41, 5.74) is -0.272. The maximum atomic E-state index is 11.4. The van der Waals surface area contributed by atoms with Crippen LogP contribution in [0.25, 0.3) is 10.9 Å². The summed E-state index contributed by atoms with van der Waals surface area (Å²) in [7, 11) is 2.94. The molecule has 0 saturated carbocycles. The van der Waals surface area contributed by atoms with E-state index in [4.69, 9.17) is 4.74 Å². The number of nitrogens with zero attached hydrogens (tertiary/aromatic N) is 2. The summed E-state index contributed by atoms with van der Waals surface area (Å²) in [4.78, 5) is 26.4. The number of ether oxygens (including phenoxy) is 1. The zero-order valence-corrected chi connectivity index (χ0v) is 8.18. The van der Waals surface area contributed by atoms with Crippen LogP contribution in [0.4, 0.5) is 0 Å². The standard InChI is InChI=1S/C9H8N2O4/c1-11-6-4-10-7(14-2)3-5(6)8(12)15-9(11)13/h3-4H,1-2H3. The van der Waals surface area contributed by atoms with Crippen LogP contribution in [-0.2, 0) is 7.05 Å². The van der Waals surface area contributed by atoms with Crippen molar-refractivity contribution in [2.75, 3.05) is 7.11 Å². The molecule has 0 aliphatic heterocycles. The average molecular weight is 208 g/mol. The van der Waals surface area contributed by atoms with Crippen LogP contribution in [0.1, 0.15) is 0 Å². The molecule has 0 fully saturated rings. The molecule has 15 heavy (non-hydrogen) atoms. The van der Waals surface area contributed by atoms with E-state index >= 15 is 0 Å². The molecule has 0 unspecified atom stereocenters. The fourth-order valence-electron chi connectivity index (χ4n) is 1.27. The monoisotopic (exact) mass is 208 g/mol. The fraction of sp³-hybridized carbons (Fsp3) is 0.222. The Bertz CT molecular complexity index is 626. The number of aromatic nitrogens is 2. The summed E-state index contributed by atoms with van der Waals surface area (Å²) in [6, 6.07) is 1.43. The van der Waals surface area contributed by atoms with Gasteiger partial charge < -0.3 is 9.15 Å². The lowest BCUT2D eigenvalue weighted by Gasteiger charge is -2.03. The second kappa shape index (κ2) is 3.23. The van der Waals surface area contributed by atoms with Gasteiger partial charge in [0, 0.05) is 13.1 Å². The van der Waals surface area contributed by atoms with Gasteiger partial charge in [-0.05, 0) is 0 Å². The second-order valence-corrected chi connectivity index (χ2v) is 2.96. The number of fused-ring (bicyclic) bond motifs is 1. The van der Waals surface area contributed by atoms with Crippen molar-refractivity contribution in [2.45, 2.75) is 0 Å². The van der Waals surface area contributed by atoms with Crippen LogP contribution >= 0.6 is 0 Å². The molecule has 2 aromatic rings. The van der Waals surface area contributed by atoms with Gasteiger partial charge in [0.2, 0.25) is 5.88 Å². The molecular formula is C9H8N2O4. The predicted molar refractivity (Wildman–Crippen MR) is 52.1 cm³/mol. The van der Waals surface area contributed by atoms with Gasteiger partial charge in [-0.15, -0.1) is 0 Å². The molecule has 78 valence electrons. The van der Waals surface area contributed by atoms with Gasteiger partial charge in [0.25, 0.3) is 0 Å². The Morgan fingerprint density at radius 2 is 2.20 bits per heavy atom. The molecule has 0 spiro atoms. The van der Waals surface area contributed by atoms with Gasteiger partial charge in [0.15, 0.2) is 0 Å². The maximum Gasteiger partial charge on any atom is 0.422 e. The molecule has 0 aliphatic carbocycles. The van der Waals surface area contributed by atoms with Crippen LogP contribution in [0.3, 0.4) is 0 Å². The van der Waals surface area contributed by atoms with E-state index in [9.17, 15) is 9.59 Å². The first-order chi connectivity index (χ1) is 7.13. The van der Waals surface area contributed by atoms with Gasteiger partial charge in [0.1, 0.15) is 0 Å². The fourth-order valence-corrected chi connectivity index (χ4v) is 1.27. The van der Waals surface area contributed by atoms with Crippen LogP contribution in [0, 0.1) is 0 Å². The van der Waals surface area contributed by atoms with Gasteiger partial charge in [-0.1, -0.05) is 0 Å². The van der Waals surface area contributed by atoms with Crippen LogP contribution in [-0.4, -0.2) is 16.7 Å². The van der Waals surface area contributed by atoms with Crippen molar-refractivity contribution in [3.8, 4) is 5.88 Å². The minimum atomic E-state index is -0.709. The molecule has 0 saturated heterocycles. The largest absolute Gasteiger partial charge is 0.481 e. The van der Waals surface area contributed by atoms with Crippen LogP contribution in [0.5, 0.6) is 5.88 Å². The molecule has 0 aliphatic rings. The molecule has 0 amide bonds. The summed E-state index contributed by atoms with van der Waals surface area (Å²) < 4.78 is 10.6. The summed E-state index contributed by atoms with van der Waals surface area (Å²) in [6.07, 6.45) is 1.40. The van der Waals surface area contributed by atoms with Gasteiger partial charge >= 0.3 is 11.4 Å². The number of rotatable bonds is 1. The van der Waals surface area contributed by atoms with Crippen molar-refractivity contribution in [1.29, 1.82) is 0 Å². The molecule has 2 aromatic heterocycles. The summed E-state index contributed by atoms with van der Waals surface area (Å²) in [5, 5.41) is 0.268. The van der Waals surface area contributed by atoms with Gasteiger partial charge in [-0.25, -0.2) is 14.6 Å². The van der Waals surface area contributed by atoms with E-state index in [0.29, 0.717) is 11.4 Å². The van der Waals surface area contributed by atoms with Crippen LogP contribution in [0.15, 0.2) is 26.3 Å². The lowest BCUT2D eigenvalue weighted by atomic mass is 10.3. The third-order valence-electron chi connectivity index (χ3n) is 2.10. The molecule has 6 nitrogen and oxygen atoms in total. The van der Waals surface area contributed by atoms with Crippen LogP contribution < -0.4 is 16.1 Å². The van der Waals surface area contributed by atoms with E-state index in [0.717, 1.165) is 0 Å². The lowest BCUT2D eigenvalue weighted by molar-refractivity contribution is 0.396.